The fourth-order valence-electron chi connectivity index (χ4n) is 2.71. The summed E-state index contributed by atoms with van der Waals surface area (Å²) in [5.74, 6) is 0. The molecule has 1 fully saturated rings. The lowest BCUT2D eigenvalue weighted by Gasteiger charge is -2.24. The zero-order valence-electron chi connectivity index (χ0n) is 11.0. The van der Waals surface area contributed by atoms with Gasteiger partial charge < -0.3 is 10.4 Å². The van der Waals surface area contributed by atoms with Crippen molar-refractivity contribution in [3.63, 3.8) is 0 Å². The Labute approximate surface area is 128 Å². The molecule has 0 bridgehead atoms. The Morgan fingerprint density at radius 3 is 2.53 bits per heavy atom. The number of aliphatic hydroxyl groups excluding tert-OH is 1. The molecule has 106 valence electrons. The van der Waals surface area contributed by atoms with Gasteiger partial charge in [-0.25, -0.2) is 0 Å². The zero-order valence-corrected chi connectivity index (χ0v) is 13.4. The Bertz CT molecular complexity index is 405. The zero-order chi connectivity index (χ0) is 13.7. The third-order valence-electron chi connectivity index (χ3n) is 3.82. The second kappa shape index (κ2) is 7.63. The normalized spacial score (nSPS) is 19.1. The highest BCUT2D eigenvalue weighted by atomic mass is 79.9. The molecule has 0 aromatic heterocycles. The summed E-state index contributed by atoms with van der Waals surface area (Å²) in [6.45, 7) is 0.106. The van der Waals surface area contributed by atoms with Crippen molar-refractivity contribution < 1.29 is 5.11 Å². The van der Waals surface area contributed by atoms with Gasteiger partial charge in [-0.15, -0.1) is 0 Å². The summed E-state index contributed by atoms with van der Waals surface area (Å²) < 4.78 is 0.893. The van der Waals surface area contributed by atoms with Crippen molar-refractivity contribution in [2.75, 3.05) is 6.61 Å². The Morgan fingerprint density at radius 1 is 1.26 bits per heavy atom. The first-order valence-electron chi connectivity index (χ1n) is 7.02. The Balaban J connectivity index is 2.03. The smallest absolute Gasteiger partial charge is 0.0626 e. The molecule has 19 heavy (non-hydrogen) atoms. The summed E-state index contributed by atoms with van der Waals surface area (Å²) in [4.78, 5) is 0. The van der Waals surface area contributed by atoms with Gasteiger partial charge in [0.1, 0.15) is 0 Å². The first kappa shape index (κ1) is 15.3. The van der Waals surface area contributed by atoms with Crippen molar-refractivity contribution in [3.05, 3.63) is 33.3 Å². The highest BCUT2D eigenvalue weighted by Crippen LogP contribution is 2.27. The summed E-state index contributed by atoms with van der Waals surface area (Å²) in [7, 11) is 0. The van der Waals surface area contributed by atoms with Crippen LogP contribution in [-0.4, -0.2) is 17.8 Å². The van der Waals surface area contributed by atoms with Crippen LogP contribution >= 0.6 is 27.5 Å². The van der Waals surface area contributed by atoms with Crippen LogP contribution in [-0.2, 0) is 0 Å². The summed E-state index contributed by atoms with van der Waals surface area (Å²) >= 11 is 9.52. The monoisotopic (exact) mass is 345 g/mol. The number of hydrogen-bond donors (Lipinski definition) is 2. The fourth-order valence-corrected chi connectivity index (χ4v) is 3.15. The van der Waals surface area contributed by atoms with Crippen LogP contribution in [0.4, 0.5) is 0 Å². The van der Waals surface area contributed by atoms with E-state index in [-0.39, 0.29) is 12.6 Å². The summed E-state index contributed by atoms with van der Waals surface area (Å²) in [5.41, 5.74) is 1.06. The lowest BCUT2D eigenvalue weighted by atomic mass is 10.0. The minimum atomic E-state index is -0.0197. The molecule has 0 amide bonds. The van der Waals surface area contributed by atoms with E-state index in [1.165, 1.54) is 38.5 Å². The number of hydrogen-bond acceptors (Lipinski definition) is 2. The maximum atomic E-state index is 9.62. The Hall–Kier alpha value is -0.0900. The van der Waals surface area contributed by atoms with Gasteiger partial charge >= 0.3 is 0 Å². The van der Waals surface area contributed by atoms with Crippen molar-refractivity contribution in [1.29, 1.82) is 0 Å². The molecule has 1 atom stereocenters. The van der Waals surface area contributed by atoms with Gasteiger partial charge in [-0.2, -0.15) is 0 Å². The molecule has 0 heterocycles. The average molecular weight is 347 g/mol. The molecular formula is C15H21BrClNO. The molecule has 1 aliphatic rings. The second-order valence-corrected chi connectivity index (χ2v) is 6.53. The van der Waals surface area contributed by atoms with Crippen LogP contribution in [0, 0.1) is 0 Å². The molecule has 0 saturated heterocycles. The molecule has 1 unspecified atom stereocenters. The summed E-state index contributed by atoms with van der Waals surface area (Å²) in [6.07, 6.45) is 7.67. The third kappa shape index (κ3) is 4.45. The molecule has 1 aromatic rings. The highest BCUT2D eigenvalue weighted by molar-refractivity contribution is 9.10. The minimum absolute atomic E-state index is 0.0197. The van der Waals surface area contributed by atoms with Gasteiger partial charge in [0.2, 0.25) is 0 Å². The maximum absolute atomic E-state index is 9.62. The van der Waals surface area contributed by atoms with Crippen molar-refractivity contribution in [3.8, 4) is 0 Å². The topological polar surface area (TPSA) is 32.3 Å². The largest absolute Gasteiger partial charge is 0.394 e. The van der Waals surface area contributed by atoms with E-state index < -0.39 is 0 Å². The highest BCUT2D eigenvalue weighted by Gasteiger charge is 2.18. The molecule has 4 heteroatoms. The standard InChI is InChI=1S/C15H21BrClNO/c16-13-8-7-11(9-14(13)17)15(10-19)18-12-5-3-1-2-4-6-12/h7-9,12,15,18-19H,1-6,10H2. The van der Waals surface area contributed by atoms with Gasteiger partial charge in [-0.1, -0.05) is 43.4 Å². The van der Waals surface area contributed by atoms with E-state index in [2.05, 4.69) is 21.2 Å². The maximum Gasteiger partial charge on any atom is 0.0626 e. The molecule has 0 spiro atoms. The number of nitrogens with one attached hydrogen (secondary N) is 1. The summed E-state index contributed by atoms with van der Waals surface area (Å²) in [5, 5.41) is 13.9. The van der Waals surface area contributed by atoms with Crippen molar-refractivity contribution in [1.82, 2.24) is 5.32 Å². The molecule has 1 aliphatic carbocycles. The minimum Gasteiger partial charge on any atom is -0.394 e. The van der Waals surface area contributed by atoms with Gasteiger partial charge in [-0.3, -0.25) is 0 Å². The molecule has 0 radical (unpaired) electrons. The lowest BCUT2D eigenvalue weighted by molar-refractivity contribution is 0.228. The molecule has 2 rings (SSSR count). The van der Waals surface area contributed by atoms with Gasteiger partial charge in [0.05, 0.1) is 17.7 Å². The van der Waals surface area contributed by atoms with E-state index in [9.17, 15) is 5.11 Å². The van der Waals surface area contributed by atoms with E-state index in [0.29, 0.717) is 11.1 Å². The Kier molecular flexibility index (Phi) is 6.14. The van der Waals surface area contributed by atoms with E-state index in [1.54, 1.807) is 0 Å². The molecular weight excluding hydrogens is 326 g/mol. The lowest BCUT2D eigenvalue weighted by Crippen LogP contribution is -2.34. The summed E-state index contributed by atoms with van der Waals surface area (Å²) in [6, 6.07) is 6.38. The van der Waals surface area contributed by atoms with Crippen LogP contribution in [0.15, 0.2) is 22.7 Å². The van der Waals surface area contributed by atoms with E-state index in [4.69, 9.17) is 11.6 Å². The van der Waals surface area contributed by atoms with Gasteiger partial charge in [-0.05, 0) is 46.5 Å². The van der Waals surface area contributed by atoms with Gasteiger partial charge in [0.25, 0.3) is 0 Å². The number of rotatable bonds is 4. The molecule has 1 saturated carbocycles. The van der Waals surface area contributed by atoms with Crippen LogP contribution in [0.2, 0.25) is 5.02 Å². The van der Waals surface area contributed by atoms with Crippen LogP contribution in [0.1, 0.15) is 50.1 Å². The van der Waals surface area contributed by atoms with Gasteiger partial charge in [0.15, 0.2) is 0 Å². The van der Waals surface area contributed by atoms with Crippen molar-refractivity contribution in [2.24, 2.45) is 0 Å². The Morgan fingerprint density at radius 2 is 1.95 bits per heavy atom. The average Bonchev–Trinajstić information content (AvgIpc) is 2.68. The van der Waals surface area contributed by atoms with Crippen LogP contribution in [0.25, 0.3) is 0 Å². The van der Waals surface area contributed by atoms with E-state index in [1.807, 2.05) is 18.2 Å². The first-order chi connectivity index (χ1) is 9.20. The second-order valence-electron chi connectivity index (χ2n) is 5.26. The SMILES string of the molecule is OCC(NC1CCCCCC1)c1ccc(Br)c(Cl)c1. The van der Waals surface area contributed by atoms with E-state index >= 15 is 0 Å². The van der Waals surface area contributed by atoms with Crippen LogP contribution in [0.3, 0.4) is 0 Å². The number of benzene rings is 1. The number of halogens is 2. The molecule has 0 aliphatic heterocycles. The van der Waals surface area contributed by atoms with Crippen LogP contribution in [0.5, 0.6) is 0 Å². The van der Waals surface area contributed by atoms with E-state index in [0.717, 1.165) is 10.0 Å². The van der Waals surface area contributed by atoms with Crippen LogP contribution < -0.4 is 5.32 Å². The first-order valence-corrected chi connectivity index (χ1v) is 8.19. The number of aliphatic hydroxyl groups is 1. The predicted octanol–water partition coefficient (Wildman–Crippen LogP) is 4.45. The van der Waals surface area contributed by atoms with Crippen molar-refractivity contribution >= 4 is 27.5 Å². The predicted molar refractivity (Wildman–Crippen MR) is 83.6 cm³/mol. The quantitative estimate of drug-likeness (QED) is 0.790. The third-order valence-corrected chi connectivity index (χ3v) is 5.05. The van der Waals surface area contributed by atoms with Crippen molar-refractivity contribution in [2.45, 2.75) is 50.6 Å². The van der Waals surface area contributed by atoms with Gasteiger partial charge in [0, 0.05) is 10.5 Å². The molecule has 2 nitrogen and oxygen atoms in total. The molecule has 2 N–H and O–H groups in total. The fraction of sp³-hybridized carbons (Fsp3) is 0.600. The molecule has 1 aromatic carbocycles.